The second kappa shape index (κ2) is 7.84. The molecule has 0 bridgehead atoms. The molecule has 2 amide bonds. The van der Waals surface area contributed by atoms with E-state index in [0.717, 1.165) is 47.8 Å². The summed E-state index contributed by atoms with van der Waals surface area (Å²) in [6.45, 7) is 5.36. The van der Waals surface area contributed by atoms with Gasteiger partial charge in [0.25, 0.3) is 0 Å². The van der Waals surface area contributed by atoms with Gasteiger partial charge in [-0.3, -0.25) is 5.10 Å². The quantitative estimate of drug-likeness (QED) is 0.708. The molecule has 28 heavy (non-hydrogen) atoms. The van der Waals surface area contributed by atoms with Crippen molar-refractivity contribution in [1.82, 2.24) is 20.1 Å². The van der Waals surface area contributed by atoms with E-state index in [-0.39, 0.29) is 11.9 Å². The normalized spacial score (nSPS) is 16.8. The Labute approximate surface area is 165 Å². The van der Waals surface area contributed by atoms with Crippen LogP contribution in [-0.4, -0.2) is 39.2 Å². The van der Waals surface area contributed by atoms with Gasteiger partial charge in [0.15, 0.2) is 5.82 Å². The minimum absolute atomic E-state index is 0.0713. The number of anilines is 1. The summed E-state index contributed by atoms with van der Waals surface area (Å²) in [5.41, 5.74) is 4.26. The van der Waals surface area contributed by atoms with E-state index in [2.05, 4.69) is 57.8 Å². The van der Waals surface area contributed by atoms with E-state index in [1.807, 2.05) is 30.0 Å². The molecule has 144 valence electrons. The summed E-state index contributed by atoms with van der Waals surface area (Å²) >= 11 is 0. The van der Waals surface area contributed by atoms with E-state index >= 15 is 0 Å². The molecule has 0 radical (unpaired) electrons. The third-order valence-electron chi connectivity index (χ3n) is 5.19. The molecule has 1 atom stereocenters. The van der Waals surface area contributed by atoms with Gasteiger partial charge < -0.3 is 10.2 Å². The Hall–Kier alpha value is -3.15. The zero-order valence-corrected chi connectivity index (χ0v) is 16.3. The highest BCUT2D eigenvalue weighted by Crippen LogP contribution is 2.26. The molecule has 1 aliphatic heterocycles. The van der Waals surface area contributed by atoms with Gasteiger partial charge in [-0.25, -0.2) is 9.78 Å². The molecule has 2 heterocycles. The topological polar surface area (TPSA) is 73.9 Å². The highest BCUT2D eigenvalue weighted by molar-refractivity contribution is 5.90. The summed E-state index contributed by atoms with van der Waals surface area (Å²) < 4.78 is 0. The summed E-state index contributed by atoms with van der Waals surface area (Å²) in [6.07, 6.45) is 1.96. The Morgan fingerprint density at radius 1 is 1.14 bits per heavy atom. The van der Waals surface area contributed by atoms with Gasteiger partial charge in [0.1, 0.15) is 5.82 Å². The molecule has 0 saturated carbocycles. The molecule has 2 aromatic carbocycles. The number of carbonyl (C=O) groups is 1. The fourth-order valence-corrected chi connectivity index (χ4v) is 3.64. The Balaban J connectivity index is 1.44. The van der Waals surface area contributed by atoms with E-state index in [9.17, 15) is 4.79 Å². The average Bonchev–Trinajstić information content (AvgIpc) is 3.15. The second-order valence-electron chi connectivity index (χ2n) is 7.44. The summed E-state index contributed by atoms with van der Waals surface area (Å²) in [7, 11) is 0. The summed E-state index contributed by atoms with van der Waals surface area (Å²) in [4.78, 5) is 19.1. The maximum Gasteiger partial charge on any atom is 0.321 e. The Morgan fingerprint density at radius 2 is 1.96 bits per heavy atom. The van der Waals surface area contributed by atoms with Crippen molar-refractivity contribution in [1.29, 1.82) is 0 Å². The van der Waals surface area contributed by atoms with Gasteiger partial charge in [0.05, 0.1) is 0 Å². The van der Waals surface area contributed by atoms with Gasteiger partial charge in [-0.2, -0.15) is 5.10 Å². The van der Waals surface area contributed by atoms with Crippen molar-refractivity contribution in [2.45, 2.75) is 32.6 Å². The van der Waals surface area contributed by atoms with E-state index < -0.39 is 0 Å². The molecule has 1 aliphatic rings. The number of amides is 2. The fraction of sp³-hybridized carbons (Fsp3) is 0.318. The van der Waals surface area contributed by atoms with Crippen molar-refractivity contribution >= 4 is 11.7 Å². The molecule has 0 spiro atoms. The van der Waals surface area contributed by atoms with Crippen LogP contribution in [0.4, 0.5) is 10.5 Å². The largest absolute Gasteiger partial charge is 0.324 e. The Morgan fingerprint density at radius 3 is 2.71 bits per heavy atom. The number of carbonyl (C=O) groups excluding carboxylic acids is 1. The lowest BCUT2D eigenvalue weighted by Gasteiger charge is -2.31. The van der Waals surface area contributed by atoms with Crippen molar-refractivity contribution in [2.24, 2.45) is 0 Å². The maximum absolute atomic E-state index is 12.8. The number of hydrogen-bond donors (Lipinski definition) is 2. The first-order valence-electron chi connectivity index (χ1n) is 9.70. The number of likely N-dealkylation sites (tertiary alicyclic amines) is 1. The first kappa shape index (κ1) is 18.2. The number of aryl methyl sites for hydroxylation is 2. The lowest BCUT2D eigenvalue weighted by atomic mass is 9.97. The number of benzene rings is 2. The van der Waals surface area contributed by atoms with Gasteiger partial charge in [-0.1, -0.05) is 42.0 Å². The third kappa shape index (κ3) is 4.06. The van der Waals surface area contributed by atoms with Crippen LogP contribution in [0, 0.1) is 13.8 Å². The van der Waals surface area contributed by atoms with Crippen molar-refractivity contribution in [2.75, 3.05) is 18.4 Å². The van der Waals surface area contributed by atoms with Crippen molar-refractivity contribution in [3.05, 3.63) is 65.7 Å². The van der Waals surface area contributed by atoms with Crippen LogP contribution in [0.2, 0.25) is 0 Å². The lowest BCUT2D eigenvalue weighted by molar-refractivity contribution is 0.191. The zero-order valence-electron chi connectivity index (χ0n) is 16.3. The lowest BCUT2D eigenvalue weighted by Crippen LogP contribution is -2.41. The monoisotopic (exact) mass is 375 g/mol. The van der Waals surface area contributed by atoms with Crippen LogP contribution in [0.5, 0.6) is 0 Å². The molecule has 6 nitrogen and oxygen atoms in total. The SMILES string of the molecule is Cc1ccc(-c2cccc(NC(=O)N3CCC[C@@H](c4n[nH]c(C)n4)C3)c2)cc1. The number of urea groups is 1. The molecular weight excluding hydrogens is 350 g/mol. The third-order valence-corrected chi connectivity index (χ3v) is 5.19. The number of H-pyrrole nitrogens is 1. The minimum atomic E-state index is -0.0713. The molecule has 2 N–H and O–H groups in total. The first-order chi connectivity index (χ1) is 13.6. The van der Waals surface area contributed by atoms with Crippen molar-refractivity contribution in [3.63, 3.8) is 0 Å². The van der Waals surface area contributed by atoms with Gasteiger partial charge in [-0.15, -0.1) is 0 Å². The number of aromatic amines is 1. The number of rotatable bonds is 3. The predicted molar refractivity (Wildman–Crippen MR) is 110 cm³/mol. The molecular formula is C22H25N5O. The van der Waals surface area contributed by atoms with Crippen LogP contribution < -0.4 is 5.32 Å². The van der Waals surface area contributed by atoms with Gasteiger partial charge in [0.2, 0.25) is 0 Å². The molecule has 0 aliphatic carbocycles. The zero-order chi connectivity index (χ0) is 19.5. The number of hydrogen-bond acceptors (Lipinski definition) is 3. The Kier molecular flexibility index (Phi) is 5.10. The maximum atomic E-state index is 12.8. The standard InChI is InChI=1S/C22H25N5O/c1-15-8-10-17(11-9-15)18-5-3-7-20(13-18)24-22(28)27-12-4-6-19(14-27)21-23-16(2)25-26-21/h3,5,7-11,13,19H,4,6,12,14H2,1-2H3,(H,24,28)(H,23,25,26)/t19-/m1/s1. The van der Waals surface area contributed by atoms with E-state index in [4.69, 9.17) is 0 Å². The number of nitrogens with one attached hydrogen (secondary N) is 2. The average molecular weight is 375 g/mol. The van der Waals surface area contributed by atoms with E-state index in [0.29, 0.717) is 6.54 Å². The molecule has 1 aromatic heterocycles. The predicted octanol–water partition coefficient (Wildman–Crippen LogP) is 4.50. The molecule has 3 aromatic rings. The summed E-state index contributed by atoms with van der Waals surface area (Å²) in [5, 5.41) is 10.2. The number of nitrogens with zero attached hydrogens (tertiary/aromatic N) is 3. The second-order valence-corrected chi connectivity index (χ2v) is 7.44. The van der Waals surface area contributed by atoms with Crippen molar-refractivity contribution < 1.29 is 4.79 Å². The molecule has 0 unspecified atom stereocenters. The number of piperidine rings is 1. The highest BCUT2D eigenvalue weighted by atomic mass is 16.2. The van der Waals surface area contributed by atoms with E-state index in [1.54, 1.807) is 0 Å². The van der Waals surface area contributed by atoms with Crippen LogP contribution in [0.25, 0.3) is 11.1 Å². The van der Waals surface area contributed by atoms with Gasteiger partial charge in [0, 0.05) is 24.7 Å². The highest BCUT2D eigenvalue weighted by Gasteiger charge is 2.27. The fourth-order valence-electron chi connectivity index (χ4n) is 3.64. The molecule has 4 rings (SSSR count). The van der Waals surface area contributed by atoms with Crippen LogP contribution in [-0.2, 0) is 0 Å². The van der Waals surface area contributed by atoms with Crippen LogP contribution in [0.1, 0.15) is 36.0 Å². The van der Waals surface area contributed by atoms with Crippen LogP contribution in [0.3, 0.4) is 0 Å². The minimum Gasteiger partial charge on any atom is -0.324 e. The van der Waals surface area contributed by atoms with Gasteiger partial charge in [-0.05, 0) is 49.9 Å². The van der Waals surface area contributed by atoms with Crippen LogP contribution in [0.15, 0.2) is 48.5 Å². The molecule has 1 saturated heterocycles. The molecule has 1 fully saturated rings. The summed E-state index contributed by atoms with van der Waals surface area (Å²) in [5.74, 6) is 1.80. The number of aromatic nitrogens is 3. The van der Waals surface area contributed by atoms with Crippen LogP contribution >= 0.6 is 0 Å². The Bertz CT molecular complexity index is 963. The van der Waals surface area contributed by atoms with Gasteiger partial charge >= 0.3 is 6.03 Å². The van der Waals surface area contributed by atoms with Crippen molar-refractivity contribution in [3.8, 4) is 11.1 Å². The first-order valence-corrected chi connectivity index (χ1v) is 9.70. The smallest absolute Gasteiger partial charge is 0.321 e. The van der Waals surface area contributed by atoms with E-state index in [1.165, 1.54) is 5.56 Å². The summed E-state index contributed by atoms with van der Waals surface area (Å²) in [6, 6.07) is 16.3. The molecule has 6 heteroatoms.